The fraction of sp³-hybridized carbons (Fsp3) is 0.250. The zero-order chi connectivity index (χ0) is 22.3. The molecule has 2 N–H and O–H groups in total. The summed E-state index contributed by atoms with van der Waals surface area (Å²) in [4.78, 5) is 23.3. The van der Waals surface area contributed by atoms with E-state index in [1.165, 1.54) is 12.3 Å². The normalized spacial score (nSPS) is 14.5. The molecule has 7 nitrogen and oxygen atoms in total. The lowest BCUT2D eigenvalue weighted by Gasteiger charge is -2.31. The van der Waals surface area contributed by atoms with E-state index in [0.717, 1.165) is 31.6 Å². The van der Waals surface area contributed by atoms with Crippen molar-refractivity contribution in [2.75, 3.05) is 30.3 Å². The minimum atomic E-state index is -0.435. The van der Waals surface area contributed by atoms with E-state index in [2.05, 4.69) is 20.5 Å². The maximum Gasteiger partial charge on any atom is 0.238 e. The molecule has 0 radical (unpaired) electrons. The van der Waals surface area contributed by atoms with E-state index in [0.29, 0.717) is 23.1 Å². The lowest BCUT2D eigenvalue weighted by molar-refractivity contribution is -0.117. The number of nitrogens with one attached hydrogen (secondary N) is 2. The van der Waals surface area contributed by atoms with Crippen molar-refractivity contribution in [3.63, 3.8) is 0 Å². The third-order valence-corrected chi connectivity index (χ3v) is 5.44. The van der Waals surface area contributed by atoms with Gasteiger partial charge in [0.25, 0.3) is 0 Å². The molecule has 32 heavy (non-hydrogen) atoms. The van der Waals surface area contributed by atoms with Crippen LogP contribution in [0.4, 0.5) is 21.7 Å². The van der Waals surface area contributed by atoms with Crippen molar-refractivity contribution in [2.24, 2.45) is 0 Å². The minimum absolute atomic E-state index is 0.206. The van der Waals surface area contributed by atoms with Gasteiger partial charge in [0.2, 0.25) is 5.91 Å². The van der Waals surface area contributed by atoms with Gasteiger partial charge in [-0.3, -0.25) is 9.69 Å². The van der Waals surface area contributed by atoms with E-state index in [4.69, 9.17) is 10.2 Å². The Bertz CT molecular complexity index is 1120. The molecule has 0 aliphatic carbocycles. The molecule has 0 bridgehead atoms. The van der Waals surface area contributed by atoms with Crippen LogP contribution < -0.4 is 10.6 Å². The van der Waals surface area contributed by atoms with Crippen LogP contribution in [0.5, 0.6) is 0 Å². The van der Waals surface area contributed by atoms with E-state index in [1.54, 1.807) is 30.3 Å². The highest BCUT2D eigenvalue weighted by molar-refractivity contribution is 5.92. The molecular formula is C24H23FN6O. The van der Waals surface area contributed by atoms with Crippen LogP contribution in [0.2, 0.25) is 0 Å². The number of pyridine rings is 2. The number of aromatic nitrogens is 2. The molecule has 3 heterocycles. The average molecular weight is 430 g/mol. The second-order valence-corrected chi connectivity index (χ2v) is 7.70. The van der Waals surface area contributed by atoms with Crippen LogP contribution in [0.1, 0.15) is 30.0 Å². The molecule has 162 valence electrons. The number of rotatable bonds is 6. The first-order valence-electron chi connectivity index (χ1n) is 10.5. The van der Waals surface area contributed by atoms with Gasteiger partial charge < -0.3 is 10.6 Å². The Hall–Kier alpha value is -3.83. The molecule has 1 amide bonds. The summed E-state index contributed by atoms with van der Waals surface area (Å²) in [6, 6.07) is 17.5. The molecule has 8 heteroatoms. The van der Waals surface area contributed by atoms with E-state index in [-0.39, 0.29) is 18.1 Å². The van der Waals surface area contributed by atoms with E-state index in [9.17, 15) is 9.18 Å². The van der Waals surface area contributed by atoms with Crippen LogP contribution >= 0.6 is 0 Å². The van der Waals surface area contributed by atoms with Gasteiger partial charge in [0, 0.05) is 17.8 Å². The summed E-state index contributed by atoms with van der Waals surface area (Å²) in [6.07, 6.45) is 3.29. The third kappa shape index (κ3) is 5.45. The zero-order valence-electron chi connectivity index (χ0n) is 17.5. The van der Waals surface area contributed by atoms with Gasteiger partial charge >= 0.3 is 0 Å². The molecule has 0 saturated carbocycles. The topological polar surface area (TPSA) is 93.9 Å². The van der Waals surface area contributed by atoms with Crippen LogP contribution in [-0.4, -0.2) is 40.4 Å². The predicted molar refractivity (Wildman–Crippen MR) is 120 cm³/mol. The minimum Gasteiger partial charge on any atom is -0.325 e. The van der Waals surface area contributed by atoms with Crippen molar-refractivity contribution in [2.45, 2.75) is 18.8 Å². The molecule has 1 aliphatic heterocycles. The fourth-order valence-electron chi connectivity index (χ4n) is 3.76. The monoisotopic (exact) mass is 430 g/mol. The molecule has 1 fully saturated rings. The number of para-hydroxylation sites is 1. The maximum atomic E-state index is 13.7. The predicted octanol–water partition coefficient (Wildman–Crippen LogP) is 4.05. The Morgan fingerprint density at radius 2 is 1.91 bits per heavy atom. The SMILES string of the molecule is N#Cc1ccc(Nc2cccc(C3CCN(CC(=O)Nc4ccccc4F)CC3)n2)nc1. The molecule has 1 aliphatic rings. The van der Waals surface area contributed by atoms with Gasteiger partial charge in [-0.05, 0) is 62.3 Å². The Kier molecular flexibility index (Phi) is 6.68. The number of likely N-dealkylation sites (tertiary alicyclic amines) is 1. The molecule has 2 aromatic heterocycles. The number of hydrogen-bond acceptors (Lipinski definition) is 6. The summed E-state index contributed by atoms with van der Waals surface area (Å²) in [6.45, 7) is 1.78. The largest absolute Gasteiger partial charge is 0.325 e. The Morgan fingerprint density at radius 3 is 2.62 bits per heavy atom. The number of halogens is 1. The average Bonchev–Trinajstić information content (AvgIpc) is 2.82. The van der Waals surface area contributed by atoms with Gasteiger partial charge in [0.15, 0.2) is 0 Å². The standard InChI is InChI=1S/C24H23FN6O/c25-19-4-1-2-5-21(19)29-24(32)16-31-12-10-18(11-13-31)20-6-3-7-23(28-20)30-22-9-8-17(14-26)15-27-22/h1-9,15,18H,10-13,16H2,(H,29,32)(H,27,28,30). The number of piperidine rings is 1. The van der Waals surface area contributed by atoms with Crippen molar-refractivity contribution in [3.8, 4) is 6.07 Å². The van der Waals surface area contributed by atoms with Crippen molar-refractivity contribution < 1.29 is 9.18 Å². The van der Waals surface area contributed by atoms with Gasteiger partial charge in [0.1, 0.15) is 23.5 Å². The number of carbonyl (C=O) groups is 1. The second kappa shape index (κ2) is 9.98. The molecule has 0 spiro atoms. The second-order valence-electron chi connectivity index (χ2n) is 7.70. The summed E-state index contributed by atoms with van der Waals surface area (Å²) in [5.74, 6) is 0.982. The van der Waals surface area contributed by atoms with Gasteiger partial charge in [-0.15, -0.1) is 0 Å². The Balaban J connectivity index is 1.30. The first kappa shape index (κ1) is 21.4. The van der Waals surface area contributed by atoms with Gasteiger partial charge in [-0.1, -0.05) is 18.2 Å². The molecule has 0 atom stereocenters. The van der Waals surface area contributed by atoms with E-state index >= 15 is 0 Å². The third-order valence-electron chi connectivity index (χ3n) is 5.44. The molecule has 0 unspecified atom stereocenters. The quantitative estimate of drug-likeness (QED) is 0.613. The van der Waals surface area contributed by atoms with Crippen molar-refractivity contribution >= 4 is 23.2 Å². The number of hydrogen-bond donors (Lipinski definition) is 2. The number of nitriles is 1. The highest BCUT2D eigenvalue weighted by Crippen LogP contribution is 2.28. The lowest BCUT2D eigenvalue weighted by atomic mass is 9.93. The van der Waals surface area contributed by atoms with Crippen LogP contribution in [-0.2, 0) is 4.79 Å². The van der Waals surface area contributed by atoms with Crippen LogP contribution in [0.25, 0.3) is 0 Å². The zero-order valence-corrected chi connectivity index (χ0v) is 17.5. The van der Waals surface area contributed by atoms with E-state index < -0.39 is 5.82 Å². The molecule has 1 saturated heterocycles. The highest BCUT2D eigenvalue weighted by atomic mass is 19.1. The van der Waals surface area contributed by atoms with Crippen LogP contribution in [0.15, 0.2) is 60.8 Å². The van der Waals surface area contributed by atoms with Gasteiger partial charge in [-0.2, -0.15) is 5.26 Å². The number of nitrogens with zero attached hydrogens (tertiary/aromatic N) is 4. The number of anilines is 3. The van der Waals surface area contributed by atoms with E-state index in [1.807, 2.05) is 24.3 Å². The lowest BCUT2D eigenvalue weighted by Crippen LogP contribution is -2.39. The molecule has 4 rings (SSSR count). The van der Waals surface area contributed by atoms with Crippen molar-refractivity contribution in [1.29, 1.82) is 5.26 Å². The Morgan fingerprint density at radius 1 is 1.09 bits per heavy atom. The molecular weight excluding hydrogens is 407 g/mol. The van der Waals surface area contributed by atoms with Crippen molar-refractivity contribution in [1.82, 2.24) is 14.9 Å². The molecule has 3 aromatic rings. The summed E-state index contributed by atoms with van der Waals surface area (Å²) < 4.78 is 13.7. The number of benzene rings is 1. The van der Waals surface area contributed by atoms with Crippen LogP contribution in [0, 0.1) is 17.1 Å². The first-order chi connectivity index (χ1) is 15.6. The fourth-order valence-corrected chi connectivity index (χ4v) is 3.76. The van der Waals surface area contributed by atoms with Crippen molar-refractivity contribution in [3.05, 3.63) is 77.9 Å². The van der Waals surface area contributed by atoms with Gasteiger partial charge in [-0.25, -0.2) is 14.4 Å². The summed E-state index contributed by atoms with van der Waals surface area (Å²) in [5.41, 5.74) is 1.71. The summed E-state index contributed by atoms with van der Waals surface area (Å²) in [5, 5.41) is 14.7. The highest BCUT2D eigenvalue weighted by Gasteiger charge is 2.23. The van der Waals surface area contributed by atoms with Gasteiger partial charge in [0.05, 0.1) is 17.8 Å². The van der Waals surface area contributed by atoms with Crippen LogP contribution in [0.3, 0.4) is 0 Å². The number of carbonyl (C=O) groups excluding carboxylic acids is 1. The summed E-state index contributed by atoms with van der Waals surface area (Å²) >= 11 is 0. The smallest absolute Gasteiger partial charge is 0.238 e. The Labute approximate surface area is 185 Å². The maximum absolute atomic E-state index is 13.7. The first-order valence-corrected chi connectivity index (χ1v) is 10.5. The summed E-state index contributed by atoms with van der Waals surface area (Å²) in [7, 11) is 0. The molecule has 1 aromatic carbocycles. The number of amides is 1.